The lowest BCUT2D eigenvalue weighted by molar-refractivity contribution is 0.269. The van der Waals surface area contributed by atoms with Gasteiger partial charge < -0.3 is 10.6 Å². The Bertz CT molecular complexity index is 372. The number of likely N-dealkylation sites (N-methyl/N-ethyl adjacent to an activating group) is 1. The molecule has 0 aliphatic carbocycles. The van der Waals surface area contributed by atoms with Crippen LogP contribution in [0.4, 0.5) is 0 Å². The molecule has 3 heteroatoms. The molecule has 0 saturated carbocycles. The molecule has 0 aromatic heterocycles. The van der Waals surface area contributed by atoms with Crippen LogP contribution in [0, 0.1) is 0 Å². The van der Waals surface area contributed by atoms with Crippen LogP contribution < -0.4 is 5.73 Å². The molecule has 1 fully saturated rings. The average molecular weight is 261 g/mol. The number of nitrogens with two attached hydrogens (primary N) is 1. The van der Waals surface area contributed by atoms with Gasteiger partial charge in [0.25, 0.3) is 0 Å². The van der Waals surface area contributed by atoms with Crippen molar-refractivity contribution in [2.24, 2.45) is 5.73 Å². The Labute approximate surface area is 117 Å². The lowest BCUT2D eigenvalue weighted by Crippen LogP contribution is -2.28. The molecule has 2 N–H and O–H groups in total. The van der Waals surface area contributed by atoms with Crippen molar-refractivity contribution in [2.45, 2.75) is 32.4 Å². The maximum atomic E-state index is 5.83. The number of rotatable bonds is 4. The highest BCUT2D eigenvalue weighted by atomic mass is 15.2. The number of hydrogen-bond donors (Lipinski definition) is 1. The summed E-state index contributed by atoms with van der Waals surface area (Å²) < 4.78 is 0. The molecule has 0 spiro atoms. The molecule has 0 amide bonds. The third-order valence-corrected chi connectivity index (χ3v) is 3.80. The molecule has 1 atom stereocenters. The van der Waals surface area contributed by atoms with E-state index in [4.69, 9.17) is 5.73 Å². The second-order valence-corrected chi connectivity index (χ2v) is 5.93. The first-order valence-electron chi connectivity index (χ1n) is 7.38. The van der Waals surface area contributed by atoms with Crippen molar-refractivity contribution < 1.29 is 0 Å². The molecule has 0 radical (unpaired) electrons. The van der Waals surface area contributed by atoms with Gasteiger partial charge in [0.2, 0.25) is 0 Å². The Kier molecular flexibility index (Phi) is 5.37. The quantitative estimate of drug-likeness (QED) is 0.895. The summed E-state index contributed by atoms with van der Waals surface area (Å²) >= 11 is 0. The van der Waals surface area contributed by atoms with E-state index in [1.807, 2.05) is 0 Å². The van der Waals surface area contributed by atoms with E-state index in [1.165, 1.54) is 43.7 Å². The molecule has 1 unspecified atom stereocenters. The standard InChI is InChI=1S/C16H27N3/c1-14(17)12-15-4-6-16(7-5-15)13-19-9-3-8-18(2)10-11-19/h4-7,14H,3,8-13,17H2,1-2H3. The van der Waals surface area contributed by atoms with Crippen molar-refractivity contribution in [1.82, 2.24) is 9.80 Å². The SMILES string of the molecule is CC(N)Cc1ccc(CN2CCCN(C)CC2)cc1. The Morgan fingerprint density at radius 3 is 2.42 bits per heavy atom. The topological polar surface area (TPSA) is 32.5 Å². The van der Waals surface area contributed by atoms with Gasteiger partial charge >= 0.3 is 0 Å². The van der Waals surface area contributed by atoms with Crippen LogP contribution >= 0.6 is 0 Å². The second kappa shape index (κ2) is 7.04. The van der Waals surface area contributed by atoms with Crippen molar-refractivity contribution in [3.63, 3.8) is 0 Å². The summed E-state index contributed by atoms with van der Waals surface area (Å²) in [6.45, 7) is 7.94. The monoisotopic (exact) mass is 261 g/mol. The van der Waals surface area contributed by atoms with Crippen LogP contribution in [0.15, 0.2) is 24.3 Å². The number of hydrogen-bond acceptors (Lipinski definition) is 3. The summed E-state index contributed by atoms with van der Waals surface area (Å²) in [5.41, 5.74) is 8.59. The Balaban J connectivity index is 1.88. The fraction of sp³-hybridized carbons (Fsp3) is 0.625. The van der Waals surface area contributed by atoms with Crippen LogP contribution in [0.2, 0.25) is 0 Å². The average Bonchev–Trinajstić information content (AvgIpc) is 2.56. The van der Waals surface area contributed by atoms with Gasteiger partial charge in [-0.05, 0) is 51.0 Å². The van der Waals surface area contributed by atoms with Crippen molar-refractivity contribution in [3.05, 3.63) is 35.4 Å². The molecular formula is C16H27N3. The van der Waals surface area contributed by atoms with Gasteiger partial charge in [-0.1, -0.05) is 24.3 Å². The predicted octanol–water partition coefficient (Wildman–Crippen LogP) is 1.71. The summed E-state index contributed by atoms with van der Waals surface area (Å²) in [5.74, 6) is 0. The van der Waals surface area contributed by atoms with Crippen molar-refractivity contribution >= 4 is 0 Å². The lowest BCUT2D eigenvalue weighted by Gasteiger charge is -2.20. The zero-order valence-corrected chi connectivity index (χ0v) is 12.3. The van der Waals surface area contributed by atoms with E-state index in [2.05, 4.69) is 48.0 Å². The minimum atomic E-state index is 0.243. The highest BCUT2D eigenvalue weighted by Crippen LogP contribution is 2.11. The third-order valence-electron chi connectivity index (χ3n) is 3.80. The van der Waals surface area contributed by atoms with E-state index in [0.29, 0.717) is 0 Å². The van der Waals surface area contributed by atoms with E-state index in [1.54, 1.807) is 0 Å². The summed E-state index contributed by atoms with van der Waals surface area (Å²) in [5, 5.41) is 0. The summed E-state index contributed by atoms with van der Waals surface area (Å²) in [6, 6.07) is 9.20. The van der Waals surface area contributed by atoms with Gasteiger partial charge in [-0.3, -0.25) is 4.90 Å². The van der Waals surface area contributed by atoms with Crippen LogP contribution in [-0.4, -0.2) is 49.1 Å². The van der Waals surface area contributed by atoms with Crippen molar-refractivity contribution in [2.75, 3.05) is 33.2 Å². The van der Waals surface area contributed by atoms with Crippen LogP contribution in [0.1, 0.15) is 24.5 Å². The first-order chi connectivity index (χ1) is 9.13. The maximum absolute atomic E-state index is 5.83. The largest absolute Gasteiger partial charge is 0.328 e. The highest BCUT2D eigenvalue weighted by molar-refractivity contribution is 5.23. The molecule has 1 heterocycles. The summed E-state index contributed by atoms with van der Waals surface area (Å²) in [7, 11) is 2.21. The molecule has 19 heavy (non-hydrogen) atoms. The normalized spacial score (nSPS) is 20.2. The zero-order valence-electron chi connectivity index (χ0n) is 12.3. The Hall–Kier alpha value is -0.900. The molecular weight excluding hydrogens is 234 g/mol. The van der Waals surface area contributed by atoms with Gasteiger partial charge in [0, 0.05) is 25.7 Å². The Morgan fingerprint density at radius 2 is 1.74 bits per heavy atom. The van der Waals surface area contributed by atoms with E-state index in [9.17, 15) is 0 Å². The van der Waals surface area contributed by atoms with E-state index >= 15 is 0 Å². The van der Waals surface area contributed by atoms with Gasteiger partial charge in [-0.15, -0.1) is 0 Å². The fourth-order valence-electron chi connectivity index (χ4n) is 2.67. The summed E-state index contributed by atoms with van der Waals surface area (Å²) in [4.78, 5) is 4.98. The van der Waals surface area contributed by atoms with Gasteiger partial charge in [-0.2, -0.15) is 0 Å². The molecule has 106 valence electrons. The smallest absolute Gasteiger partial charge is 0.0234 e. The molecule has 3 nitrogen and oxygen atoms in total. The molecule has 1 aromatic carbocycles. The first kappa shape index (κ1) is 14.5. The van der Waals surface area contributed by atoms with E-state index < -0.39 is 0 Å². The minimum Gasteiger partial charge on any atom is -0.328 e. The first-order valence-corrected chi connectivity index (χ1v) is 7.38. The molecule has 1 saturated heterocycles. The summed E-state index contributed by atoms with van der Waals surface area (Å²) in [6.07, 6.45) is 2.24. The van der Waals surface area contributed by atoms with E-state index in [-0.39, 0.29) is 6.04 Å². The Morgan fingerprint density at radius 1 is 1.05 bits per heavy atom. The van der Waals surface area contributed by atoms with E-state index in [0.717, 1.165) is 13.0 Å². The van der Waals surface area contributed by atoms with Crippen molar-refractivity contribution in [1.29, 1.82) is 0 Å². The fourth-order valence-corrected chi connectivity index (χ4v) is 2.67. The predicted molar refractivity (Wildman–Crippen MR) is 81.2 cm³/mol. The van der Waals surface area contributed by atoms with Crippen LogP contribution in [0.3, 0.4) is 0 Å². The van der Waals surface area contributed by atoms with Crippen LogP contribution in [0.5, 0.6) is 0 Å². The molecule has 1 aliphatic heterocycles. The third kappa shape index (κ3) is 4.94. The molecule has 1 aliphatic rings. The van der Waals surface area contributed by atoms with Gasteiger partial charge in [0.05, 0.1) is 0 Å². The molecule has 0 bridgehead atoms. The van der Waals surface area contributed by atoms with Crippen molar-refractivity contribution in [3.8, 4) is 0 Å². The number of benzene rings is 1. The van der Waals surface area contributed by atoms with Gasteiger partial charge in [0.15, 0.2) is 0 Å². The number of nitrogens with zero attached hydrogens (tertiary/aromatic N) is 2. The second-order valence-electron chi connectivity index (χ2n) is 5.93. The zero-order chi connectivity index (χ0) is 13.7. The highest BCUT2D eigenvalue weighted by Gasteiger charge is 2.12. The van der Waals surface area contributed by atoms with Crippen LogP contribution in [-0.2, 0) is 13.0 Å². The van der Waals surface area contributed by atoms with Gasteiger partial charge in [-0.25, -0.2) is 0 Å². The maximum Gasteiger partial charge on any atom is 0.0234 e. The minimum absolute atomic E-state index is 0.243. The lowest BCUT2D eigenvalue weighted by atomic mass is 10.1. The van der Waals surface area contributed by atoms with Gasteiger partial charge in [0.1, 0.15) is 0 Å². The molecule has 2 rings (SSSR count). The van der Waals surface area contributed by atoms with Crippen LogP contribution in [0.25, 0.3) is 0 Å². The molecule has 1 aromatic rings.